The molecule has 0 amide bonds. The number of benzene rings is 1. The van der Waals surface area contributed by atoms with Crippen LogP contribution in [0.2, 0.25) is 0 Å². The Morgan fingerprint density at radius 2 is 1.91 bits per heavy atom. The Kier molecular flexibility index (Phi) is 5.33. The van der Waals surface area contributed by atoms with Gasteiger partial charge in [-0.05, 0) is 18.6 Å². The van der Waals surface area contributed by atoms with Crippen molar-refractivity contribution in [3.05, 3.63) is 47.9 Å². The van der Waals surface area contributed by atoms with Crippen LogP contribution < -0.4 is 0 Å². The molecular formula is C18H23N3O2. The SMILES string of the molecule is COCc1cc(-c2ccc(C(C)N3CCOCC3)cc2)ncn1. The molecule has 0 radical (unpaired) electrons. The largest absolute Gasteiger partial charge is 0.379 e. The lowest BCUT2D eigenvalue weighted by molar-refractivity contribution is 0.0198. The molecule has 0 N–H and O–H groups in total. The molecular weight excluding hydrogens is 290 g/mol. The molecule has 1 unspecified atom stereocenters. The standard InChI is InChI=1S/C18H23N3O2/c1-14(21-7-9-23-10-8-21)15-3-5-16(6-4-15)18-11-17(12-22-2)19-13-20-18/h3-6,11,13-14H,7-10,12H2,1-2H3. The summed E-state index contributed by atoms with van der Waals surface area (Å²) in [7, 11) is 1.67. The van der Waals surface area contributed by atoms with E-state index in [1.165, 1.54) is 5.56 Å². The highest BCUT2D eigenvalue weighted by atomic mass is 16.5. The summed E-state index contributed by atoms with van der Waals surface area (Å²) in [5.74, 6) is 0. The molecule has 23 heavy (non-hydrogen) atoms. The Labute approximate surface area is 137 Å². The monoisotopic (exact) mass is 313 g/mol. The van der Waals surface area contributed by atoms with E-state index < -0.39 is 0 Å². The summed E-state index contributed by atoms with van der Waals surface area (Å²) in [5.41, 5.74) is 4.24. The van der Waals surface area contributed by atoms with Crippen molar-refractivity contribution in [3.8, 4) is 11.3 Å². The lowest BCUT2D eigenvalue weighted by Crippen LogP contribution is -2.37. The molecule has 0 bridgehead atoms. The van der Waals surface area contributed by atoms with Crippen molar-refractivity contribution < 1.29 is 9.47 Å². The molecule has 1 aromatic heterocycles. The van der Waals surface area contributed by atoms with E-state index in [0.29, 0.717) is 12.6 Å². The Morgan fingerprint density at radius 1 is 1.17 bits per heavy atom. The first-order valence-electron chi connectivity index (χ1n) is 8.00. The van der Waals surface area contributed by atoms with Crippen molar-refractivity contribution in [2.24, 2.45) is 0 Å². The van der Waals surface area contributed by atoms with E-state index in [2.05, 4.69) is 46.1 Å². The van der Waals surface area contributed by atoms with Gasteiger partial charge in [-0.2, -0.15) is 0 Å². The van der Waals surface area contributed by atoms with Gasteiger partial charge in [-0.15, -0.1) is 0 Å². The van der Waals surface area contributed by atoms with Crippen LogP contribution in [0.25, 0.3) is 11.3 Å². The summed E-state index contributed by atoms with van der Waals surface area (Å²) in [4.78, 5) is 11.0. The van der Waals surface area contributed by atoms with Gasteiger partial charge < -0.3 is 9.47 Å². The normalized spacial score (nSPS) is 17.1. The first-order valence-corrected chi connectivity index (χ1v) is 8.00. The van der Waals surface area contributed by atoms with Crippen LogP contribution in [0.4, 0.5) is 0 Å². The van der Waals surface area contributed by atoms with Crippen molar-refractivity contribution in [2.45, 2.75) is 19.6 Å². The maximum atomic E-state index is 5.43. The summed E-state index contributed by atoms with van der Waals surface area (Å²) in [6, 6.07) is 11.0. The smallest absolute Gasteiger partial charge is 0.116 e. The summed E-state index contributed by atoms with van der Waals surface area (Å²) >= 11 is 0. The topological polar surface area (TPSA) is 47.5 Å². The quantitative estimate of drug-likeness (QED) is 0.849. The Bertz CT molecular complexity index is 624. The average Bonchev–Trinajstić information content (AvgIpc) is 2.62. The molecule has 0 saturated carbocycles. The van der Waals surface area contributed by atoms with Gasteiger partial charge in [0.25, 0.3) is 0 Å². The molecule has 0 spiro atoms. The third-order valence-electron chi connectivity index (χ3n) is 4.30. The second-order valence-electron chi connectivity index (χ2n) is 5.77. The number of hydrogen-bond acceptors (Lipinski definition) is 5. The first kappa shape index (κ1) is 16.1. The lowest BCUT2D eigenvalue weighted by atomic mass is 10.0. The zero-order chi connectivity index (χ0) is 16.1. The zero-order valence-electron chi connectivity index (χ0n) is 13.7. The highest BCUT2D eigenvalue weighted by Gasteiger charge is 2.18. The molecule has 2 heterocycles. The van der Waals surface area contributed by atoms with Crippen LogP contribution in [-0.4, -0.2) is 48.3 Å². The van der Waals surface area contributed by atoms with Crippen molar-refractivity contribution in [1.29, 1.82) is 0 Å². The van der Waals surface area contributed by atoms with Gasteiger partial charge in [0.1, 0.15) is 6.33 Å². The molecule has 1 atom stereocenters. The fraction of sp³-hybridized carbons (Fsp3) is 0.444. The predicted molar refractivity (Wildman–Crippen MR) is 89.0 cm³/mol. The van der Waals surface area contributed by atoms with Crippen LogP contribution in [0.5, 0.6) is 0 Å². The number of nitrogens with zero attached hydrogens (tertiary/aromatic N) is 3. The molecule has 122 valence electrons. The predicted octanol–water partition coefficient (Wildman–Crippen LogP) is 2.68. The molecule has 0 aliphatic carbocycles. The minimum absolute atomic E-state index is 0.405. The van der Waals surface area contributed by atoms with E-state index in [0.717, 1.165) is 43.3 Å². The van der Waals surface area contributed by atoms with E-state index in [4.69, 9.17) is 9.47 Å². The van der Waals surface area contributed by atoms with Gasteiger partial charge in [-0.3, -0.25) is 4.90 Å². The van der Waals surface area contributed by atoms with Gasteiger partial charge in [0.05, 0.1) is 31.2 Å². The second-order valence-corrected chi connectivity index (χ2v) is 5.77. The molecule has 1 fully saturated rings. The molecule has 2 aromatic rings. The van der Waals surface area contributed by atoms with Gasteiger partial charge in [-0.1, -0.05) is 24.3 Å². The first-order chi connectivity index (χ1) is 11.3. The van der Waals surface area contributed by atoms with Crippen molar-refractivity contribution in [2.75, 3.05) is 33.4 Å². The maximum Gasteiger partial charge on any atom is 0.116 e. The summed E-state index contributed by atoms with van der Waals surface area (Å²) in [5, 5.41) is 0. The Balaban J connectivity index is 1.74. The summed E-state index contributed by atoms with van der Waals surface area (Å²) < 4.78 is 10.6. The van der Waals surface area contributed by atoms with Gasteiger partial charge in [0.15, 0.2) is 0 Å². The molecule has 1 aliphatic rings. The highest BCUT2D eigenvalue weighted by Crippen LogP contribution is 2.24. The van der Waals surface area contributed by atoms with Crippen molar-refractivity contribution in [1.82, 2.24) is 14.9 Å². The number of methoxy groups -OCH3 is 1. The Hall–Kier alpha value is -1.82. The fourth-order valence-electron chi connectivity index (χ4n) is 2.89. The van der Waals surface area contributed by atoms with Crippen molar-refractivity contribution >= 4 is 0 Å². The van der Waals surface area contributed by atoms with Gasteiger partial charge >= 0.3 is 0 Å². The third-order valence-corrected chi connectivity index (χ3v) is 4.30. The molecule has 5 nitrogen and oxygen atoms in total. The summed E-state index contributed by atoms with van der Waals surface area (Å²) in [6.07, 6.45) is 1.59. The number of hydrogen-bond donors (Lipinski definition) is 0. The van der Waals surface area contributed by atoms with E-state index in [9.17, 15) is 0 Å². The van der Waals surface area contributed by atoms with E-state index in [1.54, 1.807) is 13.4 Å². The minimum Gasteiger partial charge on any atom is -0.379 e. The number of rotatable bonds is 5. The second kappa shape index (κ2) is 7.64. The fourth-order valence-corrected chi connectivity index (χ4v) is 2.89. The van der Waals surface area contributed by atoms with Crippen molar-refractivity contribution in [3.63, 3.8) is 0 Å². The summed E-state index contributed by atoms with van der Waals surface area (Å²) in [6.45, 7) is 6.39. The highest BCUT2D eigenvalue weighted by molar-refractivity contribution is 5.59. The van der Waals surface area contributed by atoms with E-state index in [1.807, 2.05) is 6.07 Å². The van der Waals surface area contributed by atoms with Crippen LogP contribution in [0, 0.1) is 0 Å². The third kappa shape index (κ3) is 3.93. The maximum absolute atomic E-state index is 5.43. The molecule has 3 rings (SSSR count). The molecule has 5 heteroatoms. The zero-order valence-corrected chi connectivity index (χ0v) is 13.7. The average molecular weight is 313 g/mol. The van der Waals surface area contributed by atoms with Crippen LogP contribution in [0.1, 0.15) is 24.2 Å². The Morgan fingerprint density at radius 3 is 2.61 bits per heavy atom. The molecule has 1 aliphatic heterocycles. The van der Waals surface area contributed by atoms with Crippen LogP contribution in [0.3, 0.4) is 0 Å². The molecule has 1 saturated heterocycles. The van der Waals surface area contributed by atoms with E-state index in [-0.39, 0.29) is 0 Å². The molecule has 1 aromatic carbocycles. The van der Waals surface area contributed by atoms with Crippen LogP contribution >= 0.6 is 0 Å². The number of morpholine rings is 1. The number of ether oxygens (including phenoxy) is 2. The minimum atomic E-state index is 0.405. The van der Waals surface area contributed by atoms with Gasteiger partial charge in [-0.25, -0.2) is 9.97 Å². The van der Waals surface area contributed by atoms with Gasteiger partial charge in [0, 0.05) is 31.8 Å². The lowest BCUT2D eigenvalue weighted by Gasteiger charge is -2.32. The number of aromatic nitrogens is 2. The van der Waals surface area contributed by atoms with Crippen LogP contribution in [-0.2, 0) is 16.1 Å². The van der Waals surface area contributed by atoms with E-state index >= 15 is 0 Å². The van der Waals surface area contributed by atoms with Gasteiger partial charge in [0.2, 0.25) is 0 Å². The van der Waals surface area contributed by atoms with Crippen LogP contribution in [0.15, 0.2) is 36.7 Å².